The third-order valence-electron chi connectivity index (χ3n) is 1.16. The van der Waals surface area contributed by atoms with E-state index in [0.717, 1.165) is 0 Å². The summed E-state index contributed by atoms with van der Waals surface area (Å²) < 4.78 is 26.1. The Morgan fingerprint density at radius 2 is 1.67 bits per heavy atom. The van der Waals surface area contributed by atoms with Gasteiger partial charge in [0.1, 0.15) is 0 Å². The first kappa shape index (κ1) is 12.2. The smallest absolute Gasteiger partial charge is 0.251 e. The summed E-state index contributed by atoms with van der Waals surface area (Å²) >= 11 is 0. The van der Waals surface area contributed by atoms with Crippen LogP contribution in [-0.4, -0.2) is 8.42 Å². The van der Waals surface area contributed by atoms with Crippen LogP contribution in [0.1, 0.15) is 0 Å². The van der Waals surface area contributed by atoms with E-state index in [0.29, 0.717) is 0 Å². The Labute approximate surface area is 87.6 Å². The largest absolute Gasteiger partial charge is 0.299 e. The molecule has 1 atom stereocenters. The van der Waals surface area contributed by atoms with Gasteiger partial charge < -0.3 is 0 Å². The van der Waals surface area contributed by atoms with Crippen molar-refractivity contribution in [3.05, 3.63) is 30.3 Å². The minimum absolute atomic E-state index is 0. The summed E-state index contributed by atoms with van der Waals surface area (Å²) in [4.78, 5) is 0.162. The summed E-state index contributed by atoms with van der Waals surface area (Å²) in [5, 5.41) is 0. The molecule has 1 aromatic rings. The van der Waals surface area contributed by atoms with E-state index in [4.69, 9.17) is 0 Å². The van der Waals surface area contributed by atoms with Gasteiger partial charge in [0.25, 0.3) is 10.1 Å². The molecule has 0 radical (unpaired) electrons. The van der Waals surface area contributed by atoms with Gasteiger partial charge >= 0.3 is 0 Å². The van der Waals surface area contributed by atoms with E-state index < -0.39 is 10.1 Å². The molecule has 6 heteroatoms. The molecule has 0 bridgehead atoms. The second-order valence-corrected chi connectivity index (χ2v) is 4.01. The van der Waals surface area contributed by atoms with E-state index in [9.17, 15) is 8.42 Å². The van der Waals surface area contributed by atoms with Crippen LogP contribution in [0.15, 0.2) is 35.2 Å². The maximum Gasteiger partial charge on any atom is 0.299 e. The topological polar surface area (TPSA) is 43.4 Å². The van der Waals surface area contributed by atoms with Gasteiger partial charge in [-0.1, -0.05) is 18.2 Å². The molecule has 0 fully saturated rings. The first-order valence-corrected chi connectivity index (χ1v) is 4.73. The molecule has 0 aromatic heterocycles. The van der Waals surface area contributed by atoms with Crippen molar-refractivity contribution in [2.75, 3.05) is 0 Å². The zero-order valence-corrected chi connectivity index (χ0v) is 9.44. The average Bonchev–Trinajstić information content (AvgIpc) is 2.06. The van der Waals surface area contributed by atoms with Gasteiger partial charge in [0.2, 0.25) is 0 Å². The van der Waals surface area contributed by atoms with Gasteiger partial charge in [0, 0.05) is 29.9 Å². The number of benzene rings is 1. The minimum Gasteiger partial charge on any atom is -0.251 e. The van der Waals surface area contributed by atoms with Crippen LogP contribution < -0.4 is 0 Å². The average molecular weight is 297 g/mol. The Morgan fingerprint density at radius 3 is 2.08 bits per heavy atom. The minimum atomic E-state index is -3.54. The molecule has 0 saturated carbocycles. The zero-order valence-electron chi connectivity index (χ0n) is 5.91. The van der Waals surface area contributed by atoms with Gasteiger partial charge in [0.05, 0.1) is 4.90 Å². The summed E-state index contributed by atoms with van der Waals surface area (Å²) in [5.41, 5.74) is 0. The Bertz CT molecular complexity index is 324. The van der Waals surface area contributed by atoms with E-state index in [1.54, 1.807) is 27.7 Å². The van der Waals surface area contributed by atoms with Crippen LogP contribution in [0.5, 0.6) is 0 Å². The molecule has 1 rings (SSSR count). The molecule has 12 heavy (non-hydrogen) atoms. The fourth-order valence-electron chi connectivity index (χ4n) is 0.643. The standard InChI is InChI=1S/C6H7O3PS.Pd/c7-11(8,9-10)6-4-2-1-3-5-6;/h1-5H,10H2;. The van der Waals surface area contributed by atoms with Crippen LogP contribution in [0.4, 0.5) is 0 Å². The maximum atomic E-state index is 11.0. The summed E-state index contributed by atoms with van der Waals surface area (Å²) in [7, 11) is -1.83. The van der Waals surface area contributed by atoms with Crippen LogP contribution in [-0.2, 0) is 34.5 Å². The molecule has 0 spiro atoms. The third-order valence-corrected chi connectivity index (χ3v) is 3.02. The van der Waals surface area contributed by atoms with Gasteiger partial charge in [0.15, 0.2) is 0 Å². The van der Waals surface area contributed by atoms with Crippen LogP contribution in [0.25, 0.3) is 0 Å². The fourth-order valence-corrected chi connectivity index (χ4v) is 1.58. The van der Waals surface area contributed by atoms with E-state index in [1.165, 1.54) is 12.1 Å². The molecule has 0 saturated heterocycles. The third kappa shape index (κ3) is 2.93. The summed E-state index contributed by atoms with van der Waals surface area (Å²) in [5.74, 6) is 0. The second-order valence-electron chi connectivity index (χ2n) is 1.86. The molecular weight excluding hydrogens is 290 g/mol. The SMILES string of the molecule is O=S(=O)(OP)c1ccccc1.[Pd]. The monoisotopic (exact) mass is 296 g/mol. The van der Waals surface area contributed by atoms with Crippen molar-refractivity contribution in [1.29, 1.82) is 0 Å². The number of hydrogen-bond acceptors (Lipinski definition) is 3. The van der Waals surface area contributed by atoms with Crippen molar-refractivity contribution in [2.45, 2.75) is 4.90 Å². The predicted molar refractivity (Wildman–Crippen MR) is 44.4 cm³/mol. The number of hydrogen-bond donors (Lipinski definition) is 0. The number of rotatable bonds is 2. The Kier molecular flexibility index (Phi) is 5.15. The van der Waals surface area contributed by atoms with Crippen molar-refractivity contribution in [2.24, 2.45) is 0 Å². The molecule has 0 aliphatic rings. The molecule has 0 aliphatic heterocycles. The maximum absolute atomic E-state index is 11.0. The molecule has 0 N–H and O–H groups in total. The second kappa shape index (κ2) is 5.06. The molecular formula is C6H7O3PPdS. The van der Waals surface area contributed by atoms with E-state index in [2.05, 4.69) is 3.97 Å². The summed E-state index contributed by atoms with van der Waals surface area (Å²) in [6.07, 6.45) is 0. The first-order valence-electron chi connectivity index (χ1n) is 2.85. The van der Waals surface area contributed by atoms with Gasteiger partial charge in [-0.3, -0.25) is 3.97 Å². The zero-order chi connectivity index (χ0) is 8.32. The van der Waals surface area contributed by atoms with Gasteiger partial charge in [-0.15, -0.1) is 0 Å². The van der Waals surface area contributed by atoms with Crippen molar-refractivity contribution < 1.29 is 32.8 Å². The van der Waals surface area contributed by atoms with Crippen molar-refractivity contribution >= 4 is 19.6 Å². The van der Waals surface area contributed by atoms with Crippen molar-refractivity contribution in [1.82, 2.24) is 0 Å². The quantitative estimate of drug-likeness (QED) is 0.608. The van der Waals surface area contributed by atoms with E-state index in [1.807, 2.05) is 0 Å². The molecule has 3 nitrogen and oxygen atoms in total. The normalized spacial score (nSPS) is 10.4. The van der Waals surface area contributed by atoms with E-state index in [-0.39, 0.29) is 25.3 Å². The fraction of sp³-hybridized carbons (Fsp3) is 0. The first-order chi connectivity index (χ1) is 5.17. The van der Waals surface area contributed by atoms with Crippen LogP contribution >= 0.6 is 9.47 Å². The van der Waals surface area contributed by atoms with Crippen LogP contribution in [0, 0.1) is 0 Å². The molecule has 1 aromatic carbocycles. The molecule has 0 amide bonds. The van der Waals surface area contributed by atoms with Crippen molar-refractivity contribution in [3.63, 3.8) is 0 Å². The molecule has 0 heterocycles. The van der Waals surface area contributed by atoms with Crippen LogP contribution in [0.2, 0.25) is 0 Å². The molecule has 1 unspecified atom stereocenters. The predicted octanol–water partition coefficient (Wildman–Crippen LogP) is 1.18. The van der Waals surface area contributed by atoms with E-state index >= 15 is 0 Å². The Balaban J connectivity index is 0.00000121. The Hall–Kier alpha value is 0.222. The van der Waals surface area contributed by atoms with Crippen LogP contribution in [0.3, 0.4) is 0 Å². The Morgan fingerprint density at radius 1 is 1.17 bits per heavy atom. The summed E-state index contributed by atoms with van der Waals surface area (Å²) in [6.45, 7) is 0. The van der Waals surface area contributed by atoms with Gasteiger partial charge in [-0.2, -0.15) is 8.42 Å². The van der Waals surface area contributed by atoms with Crippen molar-refractivity contribution in [3.8, 4) is 0 Å². The molecule has 0 aliphatic carbocycles. The van der Waals surface area contributed by atoms with Gasteiger partial charge in [-0.05, 0) is 12.1 Å². The van der Waals surface area contributed by atoms with Gasteiger partial charge in [-0.25, -0.2) is 0 Å². The molecule has 70 valence electrons. The summed E-state index contributed by atoms with van der Waals surface area (Å²) in [6, 6.07) is 7.95.